The maximum atomic E-state index is 13.4. The summed E-state index contributed by atoms with van der Waals surface area (Å²) in [6.45, 7) is 0. The number of halogens is 1. The van der Waals surface area contributed by atoms with E-state index < -0.39 is 0 Å². The molecule has 4 aromatic rings. The van der Waals surface area contributed by atoms with Gasteiger partial charge < -0.3 is 10.6 Å². The number of carbonyl (C=O) groups is 1. The SMILES string of the molecule is O=C(Nc1cnc2ccccc2c1)c1cccnc1Nc1cccc(F)c1. The van der Waals surface area contributed by atoms with Crippen molar-refractivity contribution in [1.29, 1.82) is 0 Å². The van der Waals surface area contributed by atoms with Gasteiger partial charge in [-0.25, -0.2) is 9.37 Å². The summed E-state index contributed by atoms with van der Waals surface area (Å²) in [6.07, 6.45) is 3.17. The Bertz CT molecular complexity index is 1130. The number of benzene rings is 2. The first-order valence-electron chi connectivity index (χ1n) is 8.33. The van der Waals surface area contributed by atoms with Crippen LogP contribution in [-0.4, -0.2) is 15.9 Å². The van der Waals surface area contributed by atoms with Crippen molar-refractivity contribution < 1.29 is 9.18 Å². The van der Waals surface area contributed by atoms with Crippen LogP contribution in [0.25, 0.3) is 10.9 Å². The molecule has 0 unspecified atom stereocenters. The van der Waals surface area contributed by atoms with E-state index in [9.17, 15) is 9.18 Å². The number of aromatic nitrogens is 2. The van der Waals surface area contributed by atoms with Gasteiger partial charge in [0.25, 0.3) is 5.91 Å². The first-order chi connectivity index (χ1) is 13.2. The van der Waals surface area contributed by atoms with Gasteiger partial charge in [-0.05, 0) is 42.5 Å². The van der Waals surface area contributed by atoms with Gasteiger partial charge in [-0.1, -0.05) is 24.3 Å². The van der Waals surface area contributed by atoms with Crippen molar-refractivity contribution in [2.45, 2.75) is 0 Å². The number of fused-ring (bicyclic) bond motifs is 1. The maximum Gasteiger partial charge on any atom is 0.259 e. The number of hydrogen-bond donors (Lipinski definition) is 2. The molecule has 0 aliphatic carbocycles. The number of nitrogens with zero attached hydrogens (tertiary/aromatic N) is 2. The lowest BCUT2D eigenvalue weighted by molar-refractivity contribution is 0.102. The molecule has 0 aliphatic rings. The molecular formula is C21H15FN4O. The van der Waals surface area contributed by atoms with Crippen LogP contribution in [0.5, 0.6) is 0 Å². The molecule has 0 saturated carbocycles. The van der Waals surface area contributed by atoms with Crippen LogP contribution in [0, 0.1) is 5.82 Å². The molecule has 0 bridgehead atoms. The zero-order valence-corrected chi connectivity index (χ0v) is 14.2. The van der Waals surface area contributed by atoms with Crippen LogP contribution in [0.4, 0.5) is 21.6 Å². The van der Waals surface area contributed by atoms with E-state index in [-0.39, 0.29) is 11.7 Å². The molecule has 2 aromatic heterocycles. The van der Waals surface area contributed by atoms with Crippen molar-refractivity contribution in [3.63, 3.8) is 0 Å². The molecule has 0 saturated heterocycles. The maximum absolute atomic E-state index is 13.4. The van der Waals surface area contributed by atoms with Crippen molar-refractivity contribution in [1.82, 2.24) is 9.97 Å². The second-order valence-corrected chi connectivity index (χ2v) is 5.91. The zero-order chi connectivity index (χ0) is 18.6. The highest BCUT2D eigenvalue weighted by Gasteiger charge is 2.13. The van der Waals surface area contributed by atoms with Gasteiger partial charge in [0, 0.05) is 17.3 Å². The van der Waals surface area contributed by atoms with Crippen LogP contribution in [0.2, 0.25) is 0 Å². The normalized spacial score (nSPS) is 10.6. The first-order valence-corrected chi connectivity index (χ1v) is 8.33. The van der Waals surface area contributed by atoms with Crippen LogP contribution < -0.4 is 10.6 Å². The van der Waals surface area contributed by atoms with Crippen LogP contribution in [0.1, 0.15) is 10.4 Å². The molecule has 27 heavy (non-hydrogen) atoms. The largest absolute Gasteiger partial charge is 0.339 e. The number of rotatable bonds is 4. The number of pyridine rings is 2. The summed E-state index contributed by atoms with van der Waals surface area (Å²) in [5.41, 5.74) is 2.29. The van der Waals surface area contributed by atoms with Gasteiger partial charge in [-0.15, -0.1) is 0 Å². The van der Waals surface area contributed by atoms with Crippen LogP contribution in [-0.2, 0) is 0 Å². The average Bonchev–Trinajstić information content (AvgIpc) is 2.68. The molecule has 4 rings (SSSR count). The summed E-state index contributed by atoms with van der Waals surface area (Å²) in [4.78, 5) is 21.3. The molecule has 0 aliphatic heterocycles. The van der Waals surface area contributed by atoms with Crippen molar-refractivity contribution in [3.8, 4) is 0 Å². The summed E-state index contributed by atoms with van der Waals surface area (Å²) in [7, 11) is 0. The van der Waals surface area contributed by atoms with Gasteiger partial charge in [0.05, 0.1) is 23.0 Å². The van der Waals surface area contributed by atoms with Crippen molar-refractivity contribution in [3.05, 3.63) is 90.5 Å². The lowest BCUT2D eigenvalue weighted by Gasteiger charge is -2.11. The van der Waals surface area contributed by atoms with E-state index in [2.05, 4.69) is 20.6 Å². The Balaban J connectivity index is 1.59. The summed E-state index contributed by atoms with van der Waals surface area (Å²) >= 11 is 0. The van der Waals surface area contributed by atoms with E-state index in [1.54, 1.807) is 36.7 Å². The summed E-state index contributed by atoms with van der Waals surface area (Å²) in [5, 5.41) is 6.74. The predicted molar refractivity (Wildman–Crippen MR) is 104 cm³/mol. The van der Waals surface area contributed by atoms with Gasteiger partial charge >= 0.3 is 0 Å². The fourth-order valence-electron chi connectivity index (χ4n) is 2.73. The minimum absolute atomic E-state index is 0.334. The number of nitrogens with one attached hydrogen (secondary N) is 2. The van der Waals surface area contributed by atoms with Crippen LogP contribution in [0.15, 0.2) is 79.1 Å². The van der Waals surface area contributed by atoms with Crippen molar-refractivity contribution in [2.75, 3.05) is 10.6 Å². The van der Waals surface area contributed by atoms with Gasteiger partial charge in [-0.3, -0.25) is 9.78 Å². The minimum atomic E-state index is -0.371. The molecule has 2 N–H and O–H groups in total. The highest BCUT2D eigenvalue weighted by molar-refractivity contribution is 6.08. The Morgan fingerprint density at radius 3 is 2.67 bits per heavy atom. The number of para-hydroxylation sites is 1. The first kappa shape index (κ1) is 16.7. The molecular weight excluding hydrogens is 343 g/mol. The summed E-state index contributed by atoms with van der Waals surface area (Å²) in [6, 6.07) is 18.8. The number of carbonyl (C=O) groups excluding carboxylic acids is 1. The van der Waals surface area contributed by atoms with Gasteiger partial charge in [0.1, 0.15) is 11.6 Å². The molecule has 0 atom stereocenters. The quantitative estimate of drug-likeness (QED) is 0.552. The predicted octanol–water partition coefficient (Wildman–Crippen LogP) is 4.76. The summed E-state index contributed by atoms with van der Waals surface area (Å²) in [5.74, 6) is -0.363. The van der Waals surface area contributed by atoms with Crippen molar-refractivity contribution >= 4 is 34.0 Å². The highest BCUT2D eigenvalue weighted by atomic mass is 19.1. The topological polar surface area (TPSA) is 66.9 Å². The van der Waals surface area contributed by atoms with Crippen LogP contribution >= 0.6 is 0 Å². The van der Waals surface area contributed by atoms with E-state index in [1.807, 2.05) is 30.3 Å². The Morgan fingerprint density at radius 1 is 0.889 bits per heavy atom. The molecule has 0 radical (unpaired) electrons. The molecule has 1 amide bonds. The molecule has 0 spiro atoms. The second kappa shape index (κ2) is 7.21. The molecule has 132 valence electrons. The molecule has 5 nitrogen and oxygen atoms in total. The average molecular weight is 358 g/mol. The third-order valence-electron chi connectivity index (χ3n) is 3.99. The van der Waals surface area contributed by atoms with Crippen molar-refractivity contribution in [2.24, 2.45) is 0 Å². The Hall–Kier alpha value is -3.80. The minimum Gasteiger partial charge on any atom is -0.339 e. The summed E-state index contributed by atoms with van der Waals surface area (Å²) < 4.78 is 13.4. The molecule has 2 aromatic carbocycles. The fraction of sp³-hybridized carbons (Fsp3) is 0. The van der Waals surface area contributed by atoms with Gasteiger partial charge in [0.15, 0.2) is 0 Å². The molecule has 2 heterocycles. The Morgan fingerprint density at radius 2 is 1.78 bits per heavy atom. The van der Waals surface area contributed by atoms with E-state index >= 15 is 0 Å². The monoisotopic (exact) mass is 358 g/mol. The van der Waals surface area contributed by atoms with E-state index in [1.165, 1.54) is 12.1 Å². The number of amides is 1. The molecule has 6 heteroatoms. The highest BCUT2D eigenvalue weighted by Crippen LogP contribution is 2.21. The second-order valence-electron chi connectivity index (χ2n) is 5.91. The zero-order valence-electron chi connectivity index (χ0n) is 14.2. The van der Waals surface area contributed by atoms with Gasteiger partial charge in [0.2, 0.25) is 0 Å². The number of anilines is 3. The lowest BCUT2D eigenvalue weighted by Crippen LogP contribution is -2.14. The standard InChI is InChI=1S/C21H15FN4O/c22-15-6-3-7-16(12-15)25-20-18(8-4-10-23-20)21(27)26-17-11-14-5-1-2-9-19(14)24-13-17/h1-13H,(H,23,25)(H,26,27). The third-order valence-corrected chi connectivity index (χ3v) is 3.99. The van der Waals surface area contributed by atoms with E-state index in [0.717, 1.165) is 10.9 Å². The molecule has 0 fully saturated rings. The smallest absolute Gasteiger partial charge is 0.259 e. The lowest BCUT2D eigenvalue weighted by atomic mass is 10.2. The van der Waals surface area contributed by atoms with Gasteiger partial charge in [-0.2, -0.15) is 0 Å². The fourth-order valence-corrected chi connectivity index (χ4v) is 2.73. The Kier molecular flexibility index (Phi) is 4.45. The third kappa shape index (κ3) is 3.74. The van der Waals surface area contributed by atoms with E-state index in [0.29, 0.717) is 22.8 Å². The number of hydrogen-bond acceptors (Lipinski definition) is 4. The van der Waals surface area contributed by atoms with Crippen LogP contribution in [0.3, 0.4) is 0 Å². The van der Waals surface area contributed by atoms with E-state index in [4.69, 9.17) is 0 Å². The Labute approximate surface area is 154 Å².